The Balaban J connectivity index is 1.85. The van der Waals surface area contributed by atoms with Crippen LogP contribution in [-0.2, 0) is 11.2 Å². The van der Waals surface area contributed by atoms with E-state index in [9.17, 15) is 5.11 Å². The van der Waals surface area contributed by atoms with Crippen molar-refractivity contribution in [2.45, 2.75) is 32.0 Å². The lowest BCUT2D eigenvalue weighted by Crippen LogP contribution is -2.22. The van der Waals surface area contributed by atoms with Crippen molar-refractivity contribution in [1.82, 2.24) is 0 Å². The lowest BCUT2D eigenvalue weighted by Gasteiger charge is -2.15. The molecular weight excluding hydrogens is 196 g/mol. The van der Waals surface area contributed by atoms with Gasteiger partial charge in [0.1, 0.15) is 0 Å². The molecule has 1 aliphatic rings. The third-order valence-electron chi connectivity index (χ3n) is 2.93. The first-order valence-corrected chi connectivity index (χ1v) is 5.97. The van der Waals surface area contributed by atoms with Crippen molar-refractivity contribution in [3.8, 4) is 0 Å². The van der Waals surface area contributed by atoms with Crippen LogP contribution in [-0.4, -0.2) is 23.9 Å². The van der Waals surface area contributed by atoms with E-state index in [1.165, 1.54) is 4.88 Å². The zero-order chi connectivity index (χ0) is 9.97. The second-order valence-electron chi connectivity index (χ2n) is 3.89. The van der Waals surface area contributed by atoms with Crippen molar-refractivity contribution < 1.29 is 9.84 Å². The summed E-state index contributed by atoms with van der Waals surface area (Å²) in [6.45, 7) is 2.56. The number of ether oxygens (including phenoxy) is 1. The molecule has 14 heavy (non-hydrogen) atoms. The maximum Gasteiger partial charge on any atom is 0.0826 e. The highest BCUT2D eigenvalue weighted by Crippen LogP contribution is 2.26. The maximum atomic E-state index is 9.67. The molecule has 1 fully saturated rings. The van der Waals surface area contributed by atoms with Gasteiger partial charge >= 0.3 is 0 Å². The number of aliphatic hydroxyl groups excluding tert-OH is 1. The summed E-state index contributed by atoms with van der Waals surface area (Å²) in [5, 5.41) is 11.8. The Bertz CT molecular complexity index is 261. The van der Waals surface area contributed by atoms with Gasteiger partial charge in [0.15, 0.2) is 0 Å². The van der Waals surface area contributed by atoms with E-state index in [2.05, 4.69) is 24.4 Å². The number of hydrogen-bond acceptors (Lipinski definition) is 3. The van der Waals surface area contributed by atoms with Crippen LogP contribution in [0.15, 0.2) is 17.5 Å². The molecule has 0 bridgehead atoms. The number of rotatable bonds is 3. The number of hydrogen-bond donors (Lipinski definition) is 1. The molecule has 2 rings (SSSR count). The minimum Gasteiger partial charge on any atom is -0.390 e. The standard InChI is InChI=1S/C11H16O2S/c1-8-10(11(12)7-13-8)5-4-9-3-2-6-14-9/h2-3,6,8,10-12H,4-5,7H2,1H3. The molecule has 2 nitrogen and oxygen atoms in total. The summed E-state index contributed by atoms with van der Waals surface area (Å²) in [5.41, 5.74) is 0. The first-order chi connectivity index (χ1) is 6.77. The van der Waals surface area contributed by atoms with Crippen molar-refractivity contribution >= 4 is 11.3 Å². The van der Waals surface area contributed by atoms with E-state index < -0.39 is 0 Å². The summed E-state index contributed by atoms with van der Waals surface area (Å²) < 4.78 is 5.40. The Morgan fingerprint density at radius 2 is 2.50 bits per heavy atom. The molecule has 3 heteroatoms. The van der Waals surface area contributed by atoms with Crippen molar-refractivity contribution in [3.63, 3.8) is 0 Å². The molecule has 3 unspecified atom stereocenters. The van der Waals surface area contributed by atoms with Gasteiger partial charge in [-0.05, 0) is 31.2 Å². The molecule has 1 saturated heterocycles. The molecule has 1 aromatic heterocycles. The van der Waals surface area contributed by atoms with E-state index in [0.717, 1.165) is 12.8 Å². The predicted octanol–water partition coefficient (Wildman–Crippen LogP) is 2.08. The molecule has 78 valence electrons. The molecule has 0 spiro atoms. The molecule has 3 atom stereocenters. The van der Waals surface area contributed by atoms with Crippen LogP contribution in [0.5, 0.6) is 0 Å². The van der Waals surface area contributed by atoms with Crippen molar-refractivity contribution in [1.29, 1.82) is 0 Å². The van der Waals surface area contributed by atoms with E-state index in [-0.39, 0.29) is 12.2 Å². The summed E-state index contributed by atoms with van der Waals surface area (Å²) in [5.74, 6) is 0.317. The van der Waals surface area contributed by atoms with Gasteiger partial charge in [-0.25, -0.2) is 0 Å². The lowest BCUT2D eigenvalue weighted by molar-refractivity contribution is 0.0962. The Morgan fingerprint density at radius 3 is 3.07 bits per heavy atom. The van der Waals surface area contributed by atoms with Crippen LogP contribution < -0.4 is 0 Å². The SMILES string of the molecule is CC1OCC(O)C1CCc1cccs1. The van der Waals surface area contributed by atoms with Gasteiger partial charge in [0, 0.05) is 10.8 Å². The van der Waals surface area contributed by atoms with E-state index in [0.29, 0.717) is 12.5 Å². The lowest BCUT2D eigenvalue weighted by atomic mass is 9.94. The van der Waals surface area contributed by atoms with E-state index in [4.69, 9.17) is 4.74 Å². The van der Waals surface area contributed by atoms with Crippen LogP contribution in [0.25, 0.3) is 0 Å². The topological polar surface area (TPSA) is 29.5 Å². The third kappa shape index (κ3) is 2.16. The molecule has 1 N–H and O–H groups in total. The molecule has 0 saturated carbocycles. The maximum absolute atomic E-state index is 9.67. The summed E-state index contributed by atoms with van der Waals surface area (Å²) >= 11 is 1.79. The number of aliphatic hydroxyl groups is 1. The Labute approximate surface area is 88.5 Å². The summed E-state index contributed by atoms with van der Waals surface area (Å²) in [6.07, 6.45) is 2.05. The van der Waals surface area contributed by atoms with Gasteiger partial charge in [-0.3, -0.25) is 0 Å². The fraction of sp³-hybridized carbons (Fsp3) is 0.636. The highest BCUT2D eigenvalue weighted by atomic mass is 32.1. The smallest absolute Gasteiger partial charge is 0.0826 e. The van der Waals surface area contributed by atoms with Crippen molar-refractivity contribution in [3.05, 3.63) is 22.4 Å². The first kappa shape index (κ1) is 10.1. The highest BCUT2D eigenvalue weighted by molar-refractivity contribution is 7.09. The fourth-order valence-electron chi connectivity index (χ4n) is 2.00. The average molecular weight is 212 g/mol. The Kier molecular flexibility index (Phi) is 3.21. The first-order valence-electron chi connectivity index (χ1n) is 5.09. The molecule has 2 heterocycles. The second-order valence-corrected chi connectivity index (χ2v) is 4.92. The van der Waals surface area contributed by atoms with Crippen LogP contribution in [0.1, 0.15) is 18.2 Å². The Hall–Kier alpha value is -0.380. The molecule has 0 aromatic carbocycles. The van der Waals surface area contributed by atoms with E-state index in [1.54, 1.807) is 11.3 Å². The van der Waals surface area contributed by atoms with Gasteiger partial charge in [0.25, 0.3) is 0 Å². The third-order valence-corrected chi connectivity index (χ3v) is 3.87. The zero-order valence-corrected chi connectivity index (χ0v) is 9.17. The summed E-state index contributed by atoms with van der Waals surface area (Å²) in [6, 6.07) is 4.22. The minimum atomic E-state index is -0.259. The number of thiophene rings is 1. The number of aryl methyl sites for hydroxylation is 1. The monoisotopic (exact) mass is 212 g/mol. The normalized spacial score (nSPS) is 32.3. The minimum absolute atomic E-state index is 0.213. The van der Waals surface area contributed by atoms with Gasteiger partial charge in [0.2, 0.25) is 0 Å². The van der Waals surface area contributed by atoms with Gasteiger partial charge in [-0.2, -0.15) is 0 Å². The van der Waals surface area contributed by atoms with Crippen molar-refractivity contribution in [2.24, 2.45) is 5.92 Å². The van der Waals surface area contributed by atoms with Gasteiger partial charge < -0.3 is 9.84 Å². The molecular formula is C11H16O2S. The van der Waals surface area contributed by atoms with Crippen LogP contribution in [0, 0.1) is 5.92 Å². The van der Waals surface area contributed by atoms with Crippen LogP contribution in [0.4, 0.5) is 0 Å². The fourth-order valence-corrected chi connectivity index (χ4v) is 2.73. The zero-order valence-electron chi connectivity index (χ0n) is 8.35. The van der Waals surface area contributed by atoms with Gasteiger partial charge in [0.05, 0.1) is 18.8 Å². The van der Waals surface area contributed by atoms with Gasteiger partial charge in [-0.1, -0.05) is 6.07 Å². The second kappa shape index (κ2) is 4.43. The Morgan fingerprint density at radius 1 is 1.64 bits per heavy atom. The summed E-state index contributed by atoms with van der Waals surface area (Å²) in [7, 11) is 0. The molecule has 0 amide bonds. The van der Waals surface area contributed by atoms with E-state index in [1.807, 2.05) is 0 Å². The molecule has 1 aromatic rings. The van der Waals surface area contributed by atoms with Gasteiger partial charge in [-0.15, -0.1) is 11.3 Å². The molecule has 1 aliphatic heterocycles. The predicted molar refractivity (Wildman–Crippen MR) is 57.6 cm³/mol. The van der Waals surface area contributed by atoms with Crippen LogP contribution in [0.2, 0.25) is 0 Å². The average Bonchev–Trinajstić information content (AvgIpc) is 2.76. The quantitative estimate of drug-likeness (QED) is 0.831. The van der Waals surface area contributed by atoms with E-state index >= 15 is 0 Å². The van der Waals surface area contributed by atoms with Crippen LogP contribution in [0.3, 0.4) is 0 Å². The van der Waals surface area contributed by atoms with Crippen molar-refractivity contribution in [2.75, 3.05) is 6.61 Å². The van der Waals surface area contributed by atoms with Crippen LogP contribution >= 0.6 is 11.3 Å². The highest BCUT2D eigenvalue weighted by Gasteiger charge is 2.32. The molecule has 0 radical (unpaired) electrons. The summed E-state index contributed by atoms with van der Waals surface area (Å²) in [4.78, 5) is 1.40. The molecule has 0 aliphatic carbocycles. The largest absolute Gasteiger partial charge is 0.390 e.